The number of nitrogens with one attached hydrogen (secondary N) is 1. The first-order chi connectivity index (χ1) is 11.2. The summed E-state index contributed by atoms with van der Waals surface area (Å²) in [6.07, 6.45) is -5.98. The lowest BCUT2D eigenvalue weighted by atomic mass is 10.1. The van der Waals surface area contributed by atoms with E-state index in [1.807, 2.05) is 0 Å². The van der Waals surface area contributed by atoms with Crippen LogP contribution in [-0.2, 0) is 6.18 Å². The summed E-state index contributed by atoms with van der Waals surface area (Å²) in [7, 11) is 0. The number of rotatable bonds is 4. The fraction of sp³-hybridized carbons (Fsp3) is 0.188. The number of hydrogen-bond acceptors (Lipinski definition) is 2. The van der Waals surface area contributed by atoms with Gasteiger partial charge in [0.05, 0.1) is 17.2 Å². The Kier molecular flexibility index (Phi) is 5.18. The van der Waals surface area contributed by atoms with Crippen LogP contribution >= 0.6 is 0 Å². The highest BCUT2D eigenvalue weighted by Crippen LogP contribution is 2.30. The number of halogens is 5. The lowest BCUT2D eigenvalue weighted by molar-refractivity contribution is -0.137. The number of benzene rings is 2. The molecule has 0 saturated carbocycles. The molecule has 0 saturated heterocycles. The summed E-state index contributed by atoms with van der Waals surface area (Å²) < 4.78 is 64.1. The molecule has 1 atom stereocenters. The van der Waals surface area contributed by atoms with Gasteiger partial charge in [0.1, 0.15) is 11.6 Å². The summed E-state index contributed by atoms with van der Waals surface area (Å²) in [5.74, 6) is -2.85. The molecule has 0 aliphatic rings. The highest BCUT2D eigenvalue weighted by molar-refractivity contribution is 5.94. The molecule has 8 heteroatoms. The first kappa shape index (κ1) is 17.9. The third-order valence-electron chi connectivity index (χ3n) is 3.23. The number of aliphatic hydroxyl groups is 1. The Balaban J connectivity index is 2.05. The molecule has 0 bridgehead atoms. The normalized spacial score (nSPS) is 12.8. The first-order valence-corrected chi connectivity index (χ1v) is 6.77. The van der Waals surface area contributed by atoms with Gasteiger partial charge >= 0.3 is 6.18 Å². The quantitative estimate of drug-likeness (QED) is 0.834. The van der Waals surface area contributed by atoms with E-state index in [1.165, 1.54) is 6.07 Å². The minimum absolute atomic E-state index is 0.0512. The molecule has 3 nitrogen and oxygen atoms in total. The monoisotopic (exact) mass is 345 g/mol. The summed E-state index contributed by atoms with van der Waals surface area (Å²) in [6.45, 7) is -0.434. The second-order valence-electron chi connectivity index (χ2n) is 4.97. The van der Waals surface area contributed by atoms with Crippen molar-refractivity contribution in [2.24, 2.45) is 0 Å². The lowest BCUT2D eigenvalue weighted by Gasteiger charge is -2.14. The van der Waals surface area contributed by atoms with Crippen LogP contribution in [-0.4, -0.2) is 17.6 Å². The van der Waals surface area contributed by atoms with Crippen LogP contribution in [0.15, 0.2) is 42.5 Å². The minimum Gasteiger partial charge on any atom is -0.387 e. The predicted molar refractivity (Wildman–Crippen MR) is 75.1 cm³/mol. The summed E-state index contributed by atoms with van der Waals surface area (Å²) in [6, 6.07) is 6.35. The van der Waals surface area contributed by atoms with Gasteiger partial charge in [0, 0.05) is 12.6 Å². The zero-order chi connectivity index (χ0) is 17.9. The molecule has 0 aromatic heterocycles. The van der Waals surface area contributed by atoms with E-state index in [4.69, 9.17) is 0 Å². The van der Waals surface area contributed by atoms with Crippen LogP contribution < -0.4 is 5.32 Å². The molecule has 0 spiro atoms. The molecule has 0 heterocycles. The maximum absolute atomic E-state index is 13.4. The van der Waals surface area contributed by atoms with E-state index in [-0.39, 0.29) is 5.56 Å². The van der Waals surface area contributed by atoms with Crippen molar-refractivity contribution < 1.29 is 31.9 Å². The summed E-state index contributed by atoms with van der Waals surface area (Å²) in [5.41, 5.74) is -1.42. The van der Waals surface area contributed by atoms with E-state index in [0.717, 1.165) is 30.3 Å². The second kappa shape index (κ2) is 6.96. The van der Waals surface area contributed by atoms with Gasteiger partial charge in [0.2, 0.25) is 0 Å². The number of aliphatic hydroxyl groups excluding tert-OH is 1. The van der Waals surface area contributed by atoms with Gasteiger partial charge in [-0.2, -0.15) is 13.2 Å². The van der Waals surface area contributed by atoms with Crippen LogP contribution in [0.1, 0.15) is 27.6 Å². The Labute approximate surface area is 133 Å². The van der Waals surface area contributed by atoms with Crippen molar-refractivity contribution in [1.82, 2.24) is 5.32 Å². The number of alkyl halides is 3. The van der Waals surface area contributed by atoms with Crippen molar-refractivity contribution in [2.45, 2.75) is 12.3 Å². The number of carbonyl (C=O) groups excluding carboxylic acids is 1. The molecule has 1 amide bonds. The van der Waals surface area contributed by atoms with Crippen molar-refractivity contribution in [3.8, 4) is 0 Å². The number of amides is 1. The number of carbonyl (C=O) groups is 1. The van der Waals surface area contributed by atoms with Gasteiger partial charge in [-0.25, -0.2) is 8.78 Å². The van der Waals surface area contributed by atoms with Crippen LogP contribution in [0.3, 0.4) is 0 Å². The Bertz CT molecular complexity index is 745. The van der Waals surface area contributed by atoms with E-state index in [2.05, 4.69) is 5.32 Å². The van der Waals surface area contributed by atoms with Gasteiger partial charge in [0.15, 0.2) is 0 Å². The maximum Gasteiger partial charge on any atom is 0.416 e. The van der Waals surface area contributed by atoms with E-state index in [1.54, 1.807) is 0 Å². The van der Waals surface area contributed by atoms with Crippen LogP contribution in [0.2, 0.25) is 0 Å². The van der Waals surface area contributed by atoms with Gasteiger partial charge < -0.3 is 10.4 Å². The van der Waals surface area contributed by atoms with Crippen molar-refractivity contribution in [3.05, 3.63) is 70.8 Å². The third-order valence-corrected chi connectivity index (χ3v) is 3.23. The van der Waals surface area contributed by atoms with Crippen molar-refractivity contribution in [2.75, 3.05) is 6.54 Å². The van der Waals surface area contributed by atoms with Gasteiger partial charge in [-0.15, -0.1) is 0 Å². The summed E-state index contributed by atoms with van der Waals surface area (Å²) in [4.78, 5) is 11.8. The van der Waals surface area contributed by atoms with Crippen molar-refractivity contribution in [3.63, 3.8) is 0 Å². The Morgan fingerprint density at radius 3 is 2.46 bits per heavy atom. The Morgan fingerprint density at radius 1 is 1.12 bits per heavy atom. The van der Waals surface area contributed by atoms with Crippen LogP contribution in [0.25, 0.3) is 0 Å². The fourth-order valence-electron chi connectivity index (χ4n) is 2.00. The minimum atomic E-state index is -4.56. The second-order valence-corrected chi connectivity index (χ2v) is 4.97. The summed E-state index contributed by atoms with van der Waals surface area (Å²) in [5, 5.41) is 12.1. The standard InChI is InChI=1S/C16H12F5NO2/c17-11-4-5-12(13(18)7-11)15(24)22-8-14(23)9-2-1-3-10(6-9)16(19,20)21/h1-7,14,23H,8H2,(H,22,24)/t14-/m1/s1. The van der Waals surface area contributed by atoms with Gasteiger partial charge in [-0.05, 0) is 29.8 Å². The van der Waals surface area contributed by atoms with E-state index in [0.29, 0.717) is 6.07 Å². The van der Waals surface area contributed by atoms with Crippen LogP contribution in [0.5, 0.6) is 0 Å². The number of hydrogen-bond donors (Lipinski definition) is 2. The molecule has 2 N–H and O–H groups in total. The van der Waals surface area contributed by atoms with Crippen molar-refractivity contribution >= 4 is 5.91 Å². The highest BCUT2D eigenvalue weighted by Gasteiger charge is 2.30. The largest absolute Gasteiger partial charge is 0.416 e. The van der Waals surface area contributed by atoms with E-state index < -0.39 is 47.5 Å². The molecule has 0 unspecified atom stereocenters. The Hall–Kier alpha value is -2.48. The van der Waals surface area contributed by atoms with Crippen LogP contribution in [0, 0.1) is 11.6 Å². The maximum atomic E-state index is 13.4. The van der Waals surface area contributed by atoms with Gasteiger partial charge in [0.25, 0.3) is 5.91 Å². The van der Waals surface area contributed by atoms with Crippen LogP contribution in [0.4, 0.5) is 22.0 Å². The molecule has 24 heavy (non-hydrogen) atoms. The molecule has 0 aliphatic heterocycles. The zero-order valence-corrected chi connectivity index (χ0v) is 12.1. The fourth-order valence-corrected chi connectivity index (χ4v) is 2.00. The van der Waals surface area contributed by atoms with E-state index in [9.17, 15) is 31.9 Å². The molecule has 0 radical (unpaired) electrons. The smallest absolute Gasteiger partial charge is 0.387 e. The highest BCUT2D eigenvalue weighted by atomic mass is 19.4. The SMILES string of the molecule is O=C(NC[C@@H](O)c1cccc(C(F)(F)F)c1)c1ccc(F)cc1F. The summed E-state index contributed by atoms with van der Waals surface area (Å²) >= 11 is 0. The molecule has 0 aliphatic carbocycles. The average molecular weight is 345 g/mol. The Morgan fingerprint density at radius 2 is 1.83 bits per heavy atom. The molecule has 0 fully saturated rings. The molecule has 128 valence electrons. The van der Waals surface area contributed by atoms with Crippen molar-refractivity contribution in [1.29, 1.82) is 0 Å². The van der Waals surface area contributed by atoms with E-state index >= 15 is 0 Å². The molecule has 2 aromatic rings. The van der Waals surface area contributed by atoms with Gasteiger partial charge in [-0.3, -0.25) is 4.79 Å². The molecular formula is C16H12F5NO2. The average Bonchev–Trinajstić information content (AvgIpc) is 2.51. The molecular weight excluding hydrogens is 333 g/mol. The van der Waals surface area contributed by atoms with Gasteiger partial charge in [-0.1, -0.05) is 12.1 Å². The first-order valence-electron chi connectivity index (χ1n) is 6.77. The third kappa shape index (κ3) is 4.29. The molecule has 2 rings (SSSR count). The zero-order valence-electron chi connectivity index (χ0n) is 12.1. The predicted octanol–water partition coefficient (Wildman–Crippen LogP) is 3.45. The lowest BCUT2D eigenvalue weighted by Crippen LogP contribution is -2.29. The molecule has 2 aromatic carbocycles. The topological polar surface area (TPSA) is 49.3 Å².